The third-order valence-corrected chi connectivity index (χ3v) is 5.92. The van der Waals surface area contributed by atoms with Gasteiger partial charge in [-0.2, -0.15) is 10.4 Å². The molecule has 4 heterocycles. The largest absolute Gasteiger partial charge is 0.481 e. The fraction of sp³-hybridized carbons (Fsp3) is 0.375. The van der Waals surface area contributed by atoms with Gasteiger partial charge in [0.25, 0.3) is 5.91 Å². The molecule has 1 saturated heterocycles. The number of aromatic nitrogens is 4. The fourth-order valence-corrected chi connectivity index (χ4v) is 3.99. The molecule has 0 aliphatic carbocycles. The number of pyridine rings is 2. The topological polar surface area (TPSA) is 106 Å². The number of ether oxygens (including phenoxy) is 2. The summed E-state index contributed by atoms with van der Waals surface area (Å²) < 4.78 is 13.1. The van der Waals surface area contributed by atoms with Gasteiger partial charge in [0.15, 0.2) is 0 Å². The van der Waals surface area contributed by atoms with E-state index in [-0.39, 0.29) is 18.1 Å². The van der Waals surface area contributed by atoms with Crippen molar-refractivity contribution in [2.24, 2.45) is 7.05 Å². The van der Waals surface area contributed by atoms with Crippen molar-refractivity contribution in [2.45, 2.75) is 38.8 Å². The Hall–Kier alpha value is -3.93. The highest BCUT2D eigenvalue weighted by Crippen LogP contribution is 2.29. The molecule has 2 atom stereocenters. The van der Waals surface area contributed by atoms with Crippen LogP contribution in [-0.4, -0.2) is 56.4 Å². The van der Waals surface area contributed by atoms with E-state index in [0.29, 0.717) is 46.4 Å². The highest BCUT2D eigenvalue weighted by Gasteiger charge is 2.33. The van der Waals surface area contributed by atoms with Crippen LogP contribution < -0.4 is 9.47 Å². The molecule has 1 aliphatic rings. The van der Waals surface area contributed by atoms with Gasteiger partial charge in [0.1, 0.15) is 17.5 Å². The van der Waals surface area contributed by atoms with Crippen LogP contribution in [0.3, 0.4) is 0 Å². The Morgan fingerprint density at radius 2 is 2.06 bits per heavy atom. The van der Waals surface area contributed by atoms with Crippen molar-refractivity contribution >= 4 is 5.91 Å². The van der Waals surface area contributed by atoms with E-state index in [0.717, 1.165) is 12.8 Å². The van der Waals surface area contributed by atoms with E-state index in [9.17, 15) is 10.1 Å². The van der Waals surface area contributed by atoms with E-state index < -0.39 is 0 Å². The molecule has 0 radical (unpaired) electrons. The first-order valence-corrected chi connectivity index (χ1v) is 10.8. The molecule has 0 bridgehead atoms. The number of amides is 1. The second-order valence-electron chi connectivity index (χ2n) is 8.15. The quantitative estimate of drug-likeness (QED) is 0.593. The van der Waals surface area contributed by atoms with Gasteiger partial charge in [-0.3, -0.25) is 9.48 Å². The predicted octanol–water partition coefficient (Wildman–Crippen LogP) is 3.14. The molecule has 0 unspecified atom stereocenters. The number of nitrogens with zero attached hydrogens (tertiary/aromatic N) is 6. The summed E-state index contributed by atoms with van der Waals surface area (Å²) in [6.07, 6.45) is 4.72. The maximum absolute atomic E-state index is 13.7. The lowest BCUT2D eigenvalue weighted by molar-refractivity contribution is 0.0371. The molecule has 1 fully saturated rings. The van der Waals surface area contributed by atoms with E-state index in [4.69, 9.17) is 9.47 Å². The van der Waals surface area contributed by atoms with E-state index in [2.05, 4.69) is 21.1 Å². The fourth-order valence-electron chi connectivity index (χ4n) is 3.99. The van der Waals surface area contributed by atoms with Crippen molar-refractivity contribution in [3.8, 4) is 29.2 Å². The van der Waals surface area contributed by atoms with Gasteiger partial charge in [-0.25, -0.2) is 9.97 Å². The second-order valence-corrected chi connectivity index (χ2v) is 8.15. The molecule has 0 aromatic carbocycles. The number of aryl methyl sites for hydroxylation is 1. The van der Waals surface area contributed by atoms with Crippen molar-refractivity contribution in [1.82, 2.24) is 24.6 Å². The van der Waals surface area contributed by atoms with Gasteiger partial charge >= 0.3 is 0 Å². The number of rotatable bonds is 5. The number of hydrogen-bond acceptors (Lipinski definition) is 7. The van der Waals surface area contributed by atoms with Crippen LogP contribution in [0.5, 0.6) is 11.8 Å². The SMILES string of the molecule is COc1ccc(C(=O)N2C[C@H](Oc3nccc(C#N)c3C)CC[C@H]2C)c(-c2ccn(C)n2)n1. The van der Waals surface area contributed by atoms with Gasteiger partial charge in [-0.15, -0.1) is 0 Å². The summed E-state index contributed by atoms with van der Waals surface area (Å²) in [5, 5.41) is 13.7. The predicted molar refractivity (Wildman–Crippen MR) is 121 cm³/mol. The van der Waals surface area contributed by atoms with Gasteiger partial charge in [-0.05, 0) is 44.9 Å². The molecule has 1 aliphatic heterocycles. The van der Waals surface area contributed by atoms with Crippen LogP contribution in [0.2, 0.25) is 0 Å². The zero-order chi connectivity index (χ0) is 23.5. The van der Waals surface area contributed by atoms with Gasteiger partial charge in [0.05, 0.1) is 30.9 Å². The van der Waals surface area contributed by atoms with Gasteiger partial charge in [0.2, 0.25) is 11.8 Å². The van der Waals surface area contributed by atoms with Crippen LogP contribution in [0.4, 0.5) is 0 Å². The van der Waals surface area contributed by atoms with Crippen LogP contribution in [0.25, 0.3) is 11.4 Å². The molecular formula is C24H26N6O3. The molecule has 9 nitrogen and oxygen atoms in total. The molecule has 170 valence electrons. The van der Waals surface area contributed by atoms with Crippen molar-refractivity contribution < 1.29 is 14.3 Å². The van der Waals surface area contributed by atoms with Crippen LogP contribution in [0, 0.1) is 18.3 Å². The molecule has 3 aromatic heterocycles. The van der Waals surface area contributed by atoms with Gasteiger partial charge in [0, 0.05) is 37.1 Å². The van der Waals surface area contributed by atoms with Crippen molar-refractivity contribution in [1.29, 1.82) is 5.26 Å². The third-order valence-electron chi connectivity index (χ3n) is 5.92. The average molecular weight is 447 g/mol. The monoisotopic (exact) mass is 446 g/mol. The smallest absolute Gasteiger partial charge is 0.256 e. The lowest BCUT2D eigenvalue weighted by atomic mass is 9.99. The zero-order valence-corrected chi connectivity index (χ0v) is 19.1. The minimum absolute atomic E-state index is 0.0375. The first-order chi connectivity index (χ1) is 15.9. The Morgan fingerprint density at radius 3 is 2.76 bits per heavy atom. The molecule has 4 rings (SSSR count). The summed E-state index contributed by atoms with van der Waals surface area (Å²) in [6, 6.07) is 9.09. The minimum Gasteiger partial charge on any atom is -0.481 e. The molecular weight excluding hydrogens is 420 g/mol. The minimum atomic E-state index is -0.227. The van der Waals surface area contributed by atoms with Crippen molar-refractivity contribution in [3.63, 3.8) is 0 Å². The van der Waals surface area contributed by atoms with Gasteiger partial charge < -0.3 is 14.4 Å². The Bertz CT molecular complexity index is 1220. The van der Waals surface area contributed by atoms with E-state index in [1.54, 1.807) is 29.1 Å². The first kappa shape index (κ1) is 22.3. The highest BCUT2D eigenvalue weighted by molar-refractivity contribution is 6.00. The van der Waals surface area contributed by atoms with Crippen LogP contribution >= 0.6 is 0 Å². The lowest BCUT2D eigenvalue weighted by Gasteiger charge is -2.38. The normalized spacial score (nSPS) is 18.0. The molecule has 33 heavy (non-hydrogen) atoms. The average Bonchev–Trinajstić information content (AvgIpc) is 3.27. The van der Waals surface area contributed by atoms with Gasteiger partial charge in [-0.1, -0.05) is 0 Å². The Labute approximate surface area is 192 Å². The number of hydrogen-bond donors (Lipinski definition) is 0. The Balaban J connectivity index is 1.61. The molecule has 0 saturated carbocycles. The number of likely N-dealkylation sites (tertiary alicyclic amines) is 1. The van der Waals surface area contributed by atoms with Crippen molar-refractivity contribution in [2.75, 3.05) is 13.7 Å². The van der Waals surface area contributed by atoms with Crippen LogP contribution in [0.1, 0.15) is 41.3 Å². The summed E-state index contributed by atoms with van der Waals surface area (Å²) in [6.45, 7) is 4.26. The Kier molecular flexibility index (Phi) is 6.27. The molecule has 9 heteroatoms. The molecule has 0 N–H and O–H groups in total. The standard InChI is InChI=1S/C24H26N6O3/c1-15-5-6-18(33-23-16(2)17(13-25)9-11-26-23)14-30(15)24(31)19-7-8-21(32-4)27-22(19)20-10-12-29(3)28-20/h7-12,15,18H,5-6,14H2,1-4H3/t15-,18-/m1/s1. The molecule has 0 spiro atoms. The lowest BCUT2D eigenvalue weighted by Crippen LogP contribution is -2.49. The number of piperidine rings is 1. The summed E-state index contributed by atoms with van der Waals surface area (Å²) in [7, 11) is 3.36. The van der Waals surface area contributed by atoms with E-state index in [1.807, 2.05) is 38.1 Å². The van der Waals surface area contributed by atoms with E-state index >= 15 is 0 Å². The third kappa shape index (κ3) is 4.51. The van der Waals surface area contributed by atoms with E-state index in [1.165, 1.54) is 7.11 Å². The highest BCUT2D eigenvalue weighted by atomic mass is 16.5. The number of carbonyl (C=O) groups excluding carboxylic acids is 1. The zero-order valence-electron chi connectivity index (χ0n) is 19.1. The maximum Gasteiger partial charge on any atom is 0.256 e. The second kappa shape index (κ2) is 9.28. The first-order valence-electron chi connectivity index (χ1n) is 10.8. The van der Waals surface area contributed by atoms with Crippen molar-refractivity contribution in [3.05, 3.63) is 53.3 Å². The Morgan fingerprint density at radius 1 is 1.24 bits per heavy atom. The molecule has 1 amide bonds. The number of carbonyl (C=O) groups is 1. The number of methoxy groups -OCH3 is 1. The summed E-state index contributed by atoms with van der Waals surface area (Å²) in [5.41, 5.74) is 2.78. The van der Waals surface area contributed by atoms with Crippen LogP contribution in [-0.2, 0) is 7.05 Å². The maximum atomic E-state index is 13.7. The summed E-state index contributed by atoms with van der Waals surface area (Å²) in [4.78, 5) is 24.3. The summed E-state index contributed by atoms with van der Waals surface area (Å²) in [5.74, 6) is 0.711. The van der Waals surface area contributed by atoms with Crippen LogP contribution in [0.15, 0.2) is 36.7 Å². The number of nitriles is 1. The summed E-state index contributed by atoms with van der Waals surface area (Å²) >= 11 is 0. The molecule has 3 aromatic rings.